The van der Waals surface area contributed by atoms with Crippen LogP contribution in [-0.4, -0.2) is 36.4 Å². The Balaban J connectivity index is 1.45. The topological polar surface area (TPSA) is 58.6 Å². The van der Waals surface area contributed by atoms with Crippen LogP contribution in [0, 0.1) is 12.8 Å². The second-order valence-electron chi connectivity index (χ2n) is 6.71. The highest BCUT2D eigenvalue weighted by Crippen LogP contribution is 2.23. The van der Waals surface area contributed by atoms with Crippen molar-refractivity contribution in [2.45, 2.75) is 19.8 Å². The van der Waals surface area contributed by atoms with E-state index in [1.165, 1.54) is 0 Å². The molecule has 6 heteroatoms. The van der Waals surface area contributed by atoms with Gasteiger partial charge in [0.2, 0.25) is 5.91 Å². The van der Waals surface area contributed by atoms with E-state index in [0.717, 1.165) is 15.7 Å². The normalized spacial score (nSPS) is 14.7. The summed E-state index contributed by atoms with van der Waals surface area (Å²) in [6.07, 6.45) is 1.33. The fourth-order valence-corrected chi connectivity index (χ4v) is 3.44. The molecule has 3 rings (SSSR count). The van der Waals surface area contributed by atoms with Crippen LogP contribution in [0.3, 0.4) is 0 Å². The Labute approximate surface area is 167 Å². The van der Waals surface area contributed by atoms with Crippen LogP contribution in [0.4, 0.5) is 5.69 Å². The van der Waals surface area contributed by atoms with Gasteiger partial charge in [-0.05, 0) is 49.6 Å². The van der Waals surface area contributed by atoms with Gasteiger partial charge < -0.3 is 15.0 Å². The molecule has 0 radical (unpaired) electrons. The molecule has 1 aliphatic rings. The number of halogens is 1. The minimum atomic E-state index is -0.0795. The van der Waals surface area contributed by atoms with Gasteiger partial charge >= 0.3 is 0 Å². The Morgan fingerprint density at radius 2 is 1.85 bits per heavy atom. The van der Waals surface area contributed by atoms with Crippen molar-refractivity contribution in [3.8, 4) is 5.75 Å². The van der Waals surface area contributed by atoms with E-state index in [0.29, 0.717) is 31.7 Å². The van der Waals surface area contributed by atoms with Crippen LogP contribution < -0.4 is 10.1 Å². The maximum Gasteiger partial charge on any atom is 0.260 e. The zero-order valence-corrected chi connectivity index (χ0v) is 16.9. The first-order chi connectivity index (χ1) is 13.0. The summed E-state index contributed by atoms with van der Waals surface area (Å²) in [6.45, 7) is 3.18. The van der Waals surface area contributed by atoms with Gasteiger partial charge in [0.1, 0.15) is 5.75 Å². The lowest BCUT2D eigenvalue weighted by molar-refractivity contribution is -0.136. The first-order valence-electron chi connectivity index (χ1n) is 9.05. The molecular weight excluding hydrogens is 408 g/mol. The zero-order valence-electron chi connectivity index (χ0n) is 15.3. The Kier molecular flexibility index (Phi) is 6.50. The number of carbonyl (C=O) groups is 2. The van der Waals surface area contributed by atoms with Crippen molar-refractivity contribution in [3.63, 3.8) is 0 Å². The van der Waals surface area contributed by atoms with Gasteiger partial charge in [-0.1, -0.05) is 40.2 Å². The van der Waals surface area contributed by atoms with E-state index >= 15 is 0 Å². The lowest BCUT2D eigenvalue weighted by atomic mass is 9.95. The van der Waals surface area contributed by atoms with Crippen LogP contribution >= 0.6 is 15.9 Å². The largest absolute Gasteiger partial charge is 0.484 e. The molecular formula is C21H23BrN2O3. The number of aryl methyl sites for hydroxylation is 1. The zero-order chi connectivity index (χ0) is 19.2. The molecule has 2 amide bonds. The summed E-state index contributed by atoms with van der Waals surface area (Å²) < 4.78 is 6.49. The number of piperidine rings is 1. The minimum Gasteiger partial charge on any atom is -0.484 e. The molecule has 0 spiro atoms. The van der Waals surface area contributed by atoms with Gasteiger partial charge in [0, 0.05) is 29.2 Å². The Hall–Kier alpha value is -2.34. The quantitative estimate of drug-likeness (QED) is 0.779. The Bertz CT molecular complexity index is 802. The van der Waals surface area contributed by atoms with Crippen molar-refractivity contribution >= 4 is 33.4 Å². The second-order valence-corrected chi connectivity index (χ2v) is 7.56. The number of rotatable bonds is 5. The number of carbonyl (C=O) groups excluding carboxylic acids is 2. The van der Waals surface area contributed by atoms with Gasteiger partial charge in [-0.3, -0.25) is 9.59 Å². The number of para-hydroxylation sites is 1. The monoisotopic (exact) mass is 430 g/mol. The van der Waals surface area contributed by atoms with Crippen molar-refractivity contribution < 1.29 is 14.3 Å². The Morgan fingerprint density at radius 3 is 2.52 bits per heavy atom. The summed E-state index contributed by atoms with van der Waals surface area (Å²) in [5, 5.41) is 2.97. The van der Waals surface area contributed by atoms with Crippen molar-refractivity contribution in [3.05, 3.63) is 58.6 Å². The standard InChI is InChI=1S/C21H23BrN2O3/c1-15-7-8-17(13-19(15)22)23-21(26)16-9-11-24(12-10-16)20(25)14-27-18-5-3-2-4-6-18/h2-8,13,16H,9-12,14H2,1H3,(H,23,26). The smallest absolute Gasteiger partial charge is 0.260 e. The lowest BCUT2D eigenvalue weighted by Crippen LogP contribution is -2.43. The van der Waals surface area contributed by atoms with E-state index in [9.17, 15) is 9.59 Å². The molecule has 1 aliphatic heterocycles. The summed E-state index contributed by atoms with van der Waals surface area (Å²) in [6, 6.07) is 15.1. The molecule has 1 heterocycles. The number of nitrogens with one attached hydrogen (secondary N) is 1. The molecule has 2 aromatic rings. The third-order valence-electron chi connectivity index (χ3n) is 4.76. The molecule has 0 saturated carbocycles. The molecule has 1 fully saturated rings. The van der Waals surface area contributed by atoms with Crippen molar-refractivity contribution in [2.24, 2.45) is 5.92 Å². The van der Waals surface area contributed by atoms with Gasteiger partial charge in [-0.25, -0.2) is 0 Å². The molecule has 0 atom stereocenters. The average molecular weight is 431 g/mol. The summed E-state index contributed by atoms with van der Waals surface area (Å²) in [7, 11) is 0. The lowest BCUT2D eigenvalue weighted by Gasteiger charge is -2.31. The molecule has 1 saturated heterocycles. The van der Waals surface area contributed by atoms with E-state index in [2.05, 4.69) is 21.2 Å². The molecule has 0 aliphatic carbocycles. The maximum absolute atomic E-state index is 12.5. The third kappa shape index (κ3) is 5.32. The highest BCUT2D eigenvalue weighted by atomic mass is 79.9. The van der Waals surface area contributed by atoms with Crippen molar-refractivity contribution in [1.82, 2.24) is 4.90 Å². The fourth-order valence-electron chi connectivity index (χ4n) is 3.06. The van der Waals surface area contributed by atoms with E-state index < -0.39 is 0 Å². The second kappa shape index (κ2) is 9.04. The van der Waals surface area contributed by atoms with Crippen LogP contribution in [0.2, 0.25) is 0 Å². The Morgan fingerprint density at radius 1 is 1.15 bits per heavy atom. The number of nitrogens with zero attached hydrogens (tertiary/aromatic N) is 1. The first kappa shape index (κ1) is 19.4. The third-order valence-corrected chi connectivity index (χ3v) is 5.62. The van der Waals surface area contributed by atoms with Crippen LogP contribution in [0.1, 0.15) is 18.4 Å². The van der Waals surface area contributed by atoms with Crippen LogP contribution in [-0.2, 0) is 9.59 Å². The molecule has 0 unspecified atom stereocenters. The summed E-state index contributed by atoms with van der Waals surface area (Å²) >= 11 is 3.48. The van der Waals surface area contributed by atoms with Gasteiger partial charge in [0.25, 0.3) is 5.91 Å². The number of amides is 2. The molecule has 0 bridgehead atoms. The molecule has 5 nitrogen and oxygen atoms in total. The highest BCUT2D eigenvalue weighted by molar-refractivity contribution is 9.10. The van der Waals surface area contributed by atoms with Gasteiger partial charge in [0.15, 0.2) is 6.61 Å². The molecule has 1 N–H and O–H groups in total. The summed E-state index contributed by atoms with van der Waals surface area (Å²) in [5.74, 6) is 0.576. The first-order valence-corrected chi connectivity index (χ1v) is 9.85. The molecule has 142 valence electrons. The van der Waals surface area contributed by atoms with E-state index in [4.69, 9.17) is 4.74 Å². The fraction of sp³-hybridized carbons (Fsp3) is 0.333. The number of ether oxygens (including phenoxy) is 1. The average Bonchev–Trinajstić information content (AvgIpc) is 2.70. The molecule has 2 aromatic carbocycles. The SMILES string of the molecule is Cc1ccc(NC(=O)C2CCN(C(=O)COc3ccccc3)CC2)cc1Br. The summed E-state index contributed by atoms with van der Waals surface area (Å²) in [4.78, 5) is 26.6. The maximum atomic E-state index is 12.5. The number of hydrogen-bond donors (Lipinski definition) is 1. The molecule has 27 heavy (non-hydrogen) atoms. The van der Waals surface area contributed by atoms with Crippen molar-refractivity contribution in [2.75, 3.05) is 25.0 Å². The predicted octanol–water partition coefficient (Wildman–Crippen LogP) is 4.01. The van der Waals surface area contributed by atoms with Crippen LogP contribution in [0.5, 0.6) is 5.75 Å². The summed E-state index contributed by atoms with van der Waals surface area (Å²) in [5.41, 5.74) is 1.91. The number of anilines is 1. The number of hydrogen-bond acceptors (Lipinski definition) is 3. The van der Waals surface area contributed by atoms with E-state index in [1.807, 2.05) is 55.5 Å². The van der Waals surface area contributed by atoms with Gasteiger partial charge in [-0.2, -0.15) is 0 Å². The predicted molar refractivity (Wildman–Crippen MR) is 109 cm³/mol. The number of likely N-dealkylation sites (tertiary alicyclic amines) is 1. The highest BCUT2D eigenvalue weighted by Gasteiger charge is 2.27. The minimum absolute atomic E-state index is 0.0124. The van der Waals surface area contributed by atoms with Crippen LogP contribution in [0.25, 0.3) is 0 Å². The van der Waals surface area contributed by atoms with Crippen LogP contribution in [0.15, 0.2) is 53.0 Å². The van der Waals surface area contributed by atoms with E-state index in [-0.39, 0.29) is 24.3 Å². The van der Waals surface area contributed by atoms with Gasteiger partial charge in [0.05, 0.1) is 0 Å². The number of benzene rings is 2. The molecule has 0 aromatic heterocycles. The van der Waals surface area contributed by atoms with Gasteiger partial charge in [-0.15, -0.1) is 0 Å². The van der Waals surface area contributed by atoms with Crippen molar-refractivity contribution in [1.29, 1.82) is 0 Å². The van der Waals surface area contributed by atoms with E-state index in [1.54, 1.807) is 4.90 Å².